The van der Waals surface area contributed by atoms with Crippen LogP contribution < -0.4 is 11.1 Å². The summed E-state index contributed by atoms with van der Waals surface area (Å²) in [6, 6.07) is 5.27. The van der Waals surface area contributed by atoms with Gasteiger partial charge < -0.3 is 11.1 Å². The number of hydrogen-bond donors (Lipinski definition) is 2. The summed E-state index contributed by atoms with van der Waals surface area (Å²) in [5.41, 5.74) is 5.12. The molecule has 2 bridgehead atoms. The lowest BCUT2D eigenvalue weighted by molar-refractivity contribution is -0.137. The molecule has 2 fully saturated rings. The van der Waals surface area contributed by atoms with Crippen LogP contribution in [0.4, 0.5) is 13.2 Å². The minimum atomic E-state index is -4.52. The Hall–Kier alpha value is -2.42. The number of nitrogens with two attached hydrogens (primary N) is 1. The van der Waals surface area contributed by atoms with E-state index in [0.29, 0.717) is 11.8 Å². The van der Waals surface area contributed by atoms with Crippen LogP contribution in [0.15, 0.2) is 30.5 Å². The van der Waals surface area contributed by atoms with Crippen molar-refractivity contribution in [2.24, 2.45) is 17.6 Å². The third kappa shape index (κ3) is 3.63. The fourth-order valence-corrected chi connectivity index (χ4v) is 4.65. The van der Waals surface area contributed by atoms with Gasteiger partial charge >= 0.3 is 6.18 Å². The molecular weight excluding hydrogens is 371 g/mol. The van der Waals surface area contributed by atoms with E-state index in [1.165, 1.54) is 24.4 Å². The van der Waals surface area contributed by atoms with Crippen LogP contribution in [-0.4, -0.2) is 33.0 Å². The number of carbonyl (C=O) groups excluding carboxylic acids is 1. The van der Waals surface area contributed by atoms with Crippen molar-refractivity contribution in [1.82, 2.24) is 20.3 Å². The summed E-state index contributed by atoms with van der Waals surface area (Å²) in [5.74, 6) is 0.271. The Morgan fingerprint density at radius 1 is 1.18 bits per heavy atom. The zero-order valence-electron chi connectivity index (χ0n) is 15.2. The Balaban J connectivity index is 1.53. The van der Waals surface area contributed by atoms with E-state index < -0.39 is 17.6 Å². The number of halogens is 3. The minimum Gasteiger partial charge on any atom is -0.347 e. The molecule has 4 rings (SSSR count). The van der Waals surface area contributed by atoms with Gasteiger partial charge in [0, 0.05) is 12.1 Å². The first-order valence-electron chi connectivity index (χ1n) is 9.48. The van der Waals surface area contributed by atoms with Gasteiger partial charge in [0.1, 0.15) is 0 Å². The minimum absolute atomic E-state index is 0.00456. The smallest absolute Gasteiger partial charge is 0.347 e. The molecular formula is C19H22F3N5O. The Labute approximate surface area is 160 Å². The second kappa shape index (κ2) is 7.20. The van der Waals surface area contributed by atoms with E-state index in [2.05, 4.69) is 15.6 Å². The molecule has 9 heteroatoms. The molecule has 2 atom stereocenters. The van der Waals surface area contributed by atoms with E-state index in [0.717, 1.165) is 42.9 Å². The van der Waals surface area contributed by atoms with Crippen LogP contribution in [0.2, 0.25) is 0 Å². The maximum absolute atomic E-state index is 13.2. The van der Waals surface area contributed by atoms with E-state index in [1.807, 2.05) is 0 Å². The van der Waals surface area contributed by atoms with Gasteiger partial charge in [-0.15, -0.1) is 5.10 Å². The number of carbonyl (C=O) groups is 1. The van der Waals surface area contributed by atoms with Crippen molar-refractivity contribution in [2.75, 3.05) is 0 Å². The van der Waals surface area contributed by atoms with Crippen molar-refractivity contribution in [3.8, 4) is 5.69 Å². The number of alkyl halides is 3. The summed E-state index contributed by atoms with van der Waals surface area (Å²) in [6.07, 6.45) is 1.67. The third-order valence-electron chi connectivity index (χ3n) is 5.86. The summed E-state index contributed by atoms with van der Waals surface area (Å²) in [7, 11) is 0. The largest absolute Gasteiger partial charge is 0.418 e. The van der Waals surface area contributed by atoms with Crippen molar-refractivity contribution in [2.45, 2.75) is 50.4 Å². The molecule has 1 aromatic carbocycles. The molecule has 150 valence electrons. The van der Waals surface area contributed by atoms with E-state index in [4.69, 9.17) is 5.73 Å². The van der Waals surface area contributed by atoms with Crippen LogP contribution >= 0.6 is 0 Å². The average molecular weight is 393 g/mol. The molecule has 0 spiro atoms. The number of hydrogen-bond acceptors (Lipinski definition) is 4. The lowest BCUT2D eigenvalue weighted by Gasteiger charge is -2.45. The summed E-state index contributed by atoms with van der Waals surface area (Å²) < 4.78 is 40.7. The first kappa shape index (κ1) is 18.9. The number of nitrogens with one attached hydrogen (secondary N) is 1. The fraction of sp³-hybridized carbons (Fsp3) is 0.526. The molecule has 6 nitrogen and oxygen atoms in total. The quantitative estimate of drug-likeness (QED) is 0.840. The van der Waals surface area contributed by atoms with Crippen LogP contribution in [0, 0.1) is 11.8 Å². The first-order valence-corrected chi connectivity index (χ1v) is 9.48. The highest BCUT2D eigenvalue weighted by Crippen LogP contribution is 2.39. The number of para-hydroxylation sites is 1. The number of rotatable bonds is 3. The molecule has 0 saturated heterocycles. The second-order valence-electron chi connectivity index (χ2n) is 7.75. The van der Waals surface area contributed by atoms with Crippen LogP contribution in [0.25, 0.3) is 5.69 Å². The van der Waals surface area contributed by atoms with Crippen molar-refractivity contribution >= 4 is 5.91 Å². The molecule has 1 heterocycles. The van der Waals surface area contributed by atoms with Gasteiger partial charge in [-0.2, -0.15) is 13.2 Å². The van der Waals surface area contributed by atoms with Crippen LogP contribution in [0.3, 0.4) is 0 Å². The Bertz CT molecular complexity index is 851. The zero-order chi connectivity index (χ0) is 19.9. The van der Waals surface area contributed by atoms with Gasteiger partial charge in [-0.05, 0) is 49.7 Å². The topological polar surface area (TPSA) is 85.8 Å². The Morgan fingerprint density at radius 2 is 1.86 bits per heavy atom. The monoisotopic (exact) mass is 393 g/mol. The molecule has 2 aliphatic carbocycles. The number of aromatic nitrogens is 3. The van der Waals surface area contributed by atoms with Gasteiger partial charge in [0.15, 0.2) is 5.69 Å². The highest BCUT2D eigenvalue weighted by molar-refractivity contribution is 5.92. The SMILES string of the molecule is NC1CC2CCCC(C1)C2NC(=O)c1cn(-c2ccccc2C(F)(F)F)nn1. The molecule has 1 aromatic heterocycles. The van der Waals surface area contributed by atoms with Crippen molar-refractivity contribution in [3.05, 3.63) is 41.7 Å². The Morgan fingerprint density at radius 3 is 2.54 bits per heavy atom. The third-order valence-corrected chi connectivity index (χ3v) is 5.86. The van der Waals surface area contributed by atoms with Crippen molar-refractivity contribution in [1.29, 1.82) is 0 Å². The van der Waals surface area contributed by atoms with Crippen molar-refractivity contribution < 1.29 is 18.0 Å². The summed E-state index contributed by atoms with van der Waals surface area (Å²) in [5, 5.41) is 10.6. The molecule has 2 unspecified atom stereocenters. The van der Waals surface area contributed by atoms with Crippen LogP contribution in [0.5, 0.6) is 0 Å². The van der Waals surface area contributed by atoms with E-state index in [-0.39, 0.29) is 23.5 Å². The second-order valence-corrected chi connectivity index (χ2v) is 7.75. The van der Waals surface area contributed by atoms with Gasteiger partial charge in [0.25, 0.3) is 5.91 Å². The molecule has 3 N–H and O–H groups in total. The number of fused-ring (bicyclic) bond motifs is 2. The molecule has 2 aromatic rings. The maximum Gasteiger partial charge on any atom is 0.418 e. The van der Waals surface area contributed by atoms with Crippen molar-refractivity contribution in [3.63, 3.8) is 0 Å². The Kier molecular flexibility index (Phi) is 4.86. The molecule has 1 amide bonds. The van der Waals surface area contributed by atoms with E-state index in [1.54, 1.807) is 0 Å². The number of amides is 1. The van der Waals surface area contributed by atoms with Gasteiger partial charge in [0.2, 0.25) is 0 Å². The molecule has 0 radical (unpaired) electrons. The normalized spacial score (nSPS) is 27.4. The maximum atomic E-state index is 13.2. The lowest BCUT2D eigenvalue weighted by Crippen LogP contribution is -2.53. The standard InChI is InChI=1S/C19H22F3N5O/c20-19(21,22)14-6-1-2-7-16(14)27-10-15(25-26-27)18(28)24-17-11-4-3-5-12(17)9-13(23)8-11/h1-2,6-7,10-13,17H,3-5,8-9,23H2,(H,24,28). The molecule has 2 aliphatic rings. The predicted molar refractivity (Wildman–Crippen MR) is 95.7 cm³/mol. The summed E-state index contributed by atoms with van der Waals surface area (Å²) >= 11 is 0. The molecule has 28 heavy (non-hydrogen) atoms. The summed E-state index contributed by atoms with van der Waals surface area (Å²) in [6.45, 7) is 0. The fourth-order valence-electron chi connectivity index (χ4n) is 4.65. The average Bonchev–Trinajstić information content (AvgIpc) is 3.12. The first-order chi connectivity index (χ1) is 13.3. The van der Waals surface area contributed by atoms with Gasteiger partial charge in [0.05, 0.1) is 17.4 Å². The lowest BCUT2D eigenvalue weighted by atomic mass is 9.67. The highest BCUT2D eigenvalue weighted by Gasteiger charge is 2.40. The number of benzene rings is 1. The van der Waals surface area contributed by atoms with Gasteiger partial charge in [-0.3, -0.25) is 4.79 Å². The van der Waals surface area contributed by atoms with Gasteiger partial charge in [-0.25, -0.2) is 4.68 Å². The number of nitrogens with zero attached hydrogens (tertiary/aromatic N) is 3. The molecule has 2 saturated carbocycles. The van der Waals surface area contributed by atoms with Crippen LogP contribution in [0.1, 0.15) is 48.2 Å². The van der Waals surface area contributed by atoms with E-state index in [9.17, 15) is 18.0 Å². The zero-order valence-corrected chi connectivity index (χ0v) is 15.2. The highest BCUT2D eigenvalue weighted by atomic mass is 19.4. The summed E-state index contributed by atoms with van der Waals surface area (Å²) in [4.78, 5) is 12.7. The molecule has 0 aliphatic heterocycles. The van der Waals surface area contributed by atoms with Gasteiger partial charge in [-0.1, -0.05) is 23.8 Å². The van der Waals surface area contributed by atoms with E-state index >= 15 is 0 Å². The predicted octanol–water partition coefficient (Wildman–Crippen LogP) is 2.92. The van der Waals surface area contributed by atoms with Crippen LogP contribution in [-0.2, 0) is 6.18 Å².